The molecule has 0 aliphatic carbocycles. The van der Waals surface area contributed by atoms with Crippen LogP contribution in [0.25, 0.3) is 0 Å². The molecule has 3 N–H and O–H groups in total. The van der Waals surface area contributed by atoms with Crippen LogP contribution >= 0.6 is 0 Å². The summed E-state index contributed by atoms with van der Waals surface area (Å²) in [4.78, 5) is 15.3. The van der Waals surface area contributed by atoms with Crippen molar-refractivity contribution in [3.63, 3.8) is 0 Å². The molecule has 1 fully saturated rings. The summed E-state index contributed by atoms with van der Waals surface area (Å²) in [7, 11) is -3.17. The topological polar surface area (TPSA) is 92.5 Å². The van der Waals surface area contributed by atoms with Crippen LogP contribution in [0.4, 0.5) is 5.69 Å². The van der Waals surface area contributed by atoms with Gasteiger partial charge in [0.2, 0.25) is 5.91 Å². The van der Waals surface area contributed by atoms with Gasteiger partial charge in [0, 0.05) is 31.4 Å². The molecule has 1 heterocycles. The van der Waals surface area contributed by atoms with E-state index in [1.165, 1.54) is 0 Å². The molecule has 27 heavy (non-hydrogen) atoms. The Kier molecular flexibility index (Phi) is 7.28. The zero-order valence-electron chi connectivity index (χ0n) is 16.7. The number of carbonyl (C=O) groups excluding carboxylic acids is 1. The average Bonchev–Trinajstić information content (AvgIpc) is 2.70. The summed E-state index contributed by atoms with van der Waals surface area (Å²) >= 11 is 0. The van der Waals surface area contributed by atoms with Gasteiger partial charge in [-0.2, -0.15) is 0 Å². The predicted molar refractivity (Wildman–Crippen MR) is 110 cm³/mol. The van der Waals surface area contributed by atoms with Crippen molar-refractivity contribution in [3.05, 3.63) is 24.3 Å². The first kappa shape index (κ1) is 21.7. The fourth-order valence-electron chi connectivity index (χ4n) is 3.60. The van der Waals surface area contributed by atoms with Crippen LogP contribution in [-0.4, -0.2) is 45.8 Å². The van der Waals surface area contributed by atoms with E-state index in [0.717, 1.165) is 44.5 Å². The van der Waals surface area contributed by atoms with Crippen molar-refractivity contribution in [2.45, 2.75) is 57.4 Å². The van der Waals surface area contributed by atoms with Gasteiger partial charge in [0.25, 0.3) is 0 Å². The molecule has 1 aromatic rings. The fraction of sp³-hybridized carbons (Fsp3) is 0.650. The molecule has 0 saturated carbocycles. The van der Waals surface area contributed by atoms with Crippen molar-refractivity contribution in [3.8, 4) is 0 Å². The van der Waals surface area contributed by atoms with E-state index < -0.39 is 15.3 Å². The van der Waals surface area contributed by atoms with Crippen molar-refractivity contribution in [2.24, 2.45) is 11.1 Å². The Morgan fingerprint density at radius 3 is 2.15 bits per heavy atom. The minimum Gasteiger partial charge on any atom is -0.371 e. The number of rotatable bonds is 8. The second-order valence-corrected chi connectivity index (χ2v) is 9.60. The monoisotopic (exact) mass is 395 g/mol. The maximum atomic E-state index is 12.7. The van der Waals surface area contributed by atoms with Gasteiger partial charge < -0.3 is 16.0 Å². The van der Waals surface area contributed by atoms with Crippen molar-refractivity contribution < 1.29 is 13.2 Å². The first-order valence-corrected chi connectivity index (χ1v) is 11.6. The zero-order valence-corrected chi connectivity index (χ0v) is 17.5. The molecular formula is C20H33N3O3S. The number of amides is 1. The lowest BCUT2D eigenvalue weighted by Crippen LogP contribution is -2.51. The standard InChI is InChI=1S/C20H33N3O3S/c1-4-20(5-2,15-21)19(24)22-16-11-13-23(14-12-16)17-7-9-18(10-8-17)27(25,26)6-3/h7-10,16H,4-6,11-15,21H2,1-3H3,(H,22,24). The normalized spacial score (nSPS) is 16.4. The van der Waals surface area contributed by atoms with Crippen LogP contribution in [0.15, 0.2) is 29.2 Å². The maximum Gasteiger partial charge on any atom is 0.227 e. The van der Waals surface area contributed by atoms with Crippen LogP contribution in [0.5, 0.6) is 0 Å². The summed E-state index contributed by atoms with van der Waals surface area (Å²) in [5, 5.41) is 3.20. The largest absolute Gasteiger partial charge is 0.371 e. The Labute approximate surface area is 163 Å². The predicted octanol–water partition coefficient (Wildman–Crippen LogP) is 2.33. The first-order valence-electron chi connectivity index (χ1n) is 9.90. The number of hydrogen-bond acceptors (Lipinski definition) is 5. The molecule has 0 unspecified atom stereocenters. The number of nitrogens with zero attached hydrogens (tertiary/aromatic N) is 1. The van der Waals surface area contributed by atoms with Crippen LogP contribution in [0, 0.1) is 5.41 Å². The molecule has 1 aliphatic heterocycles. The third kappa shape index (κ3) is 4.82. The molecular weight excluding hydrogens is 362 g/mol. The molecule has 1 amide bonds. The van der Waals surface area contributed by atoms with Crippen LogP contribution in [0.1, 0.15) is 46.5 Å². The number of benzene rings is 1. The molecule has 1 aliphatic rings. The molecule has 0 bridgehead atoms. The van der Waals surface area contributed by atoms with Gasteiger partial charge in [-0.25, -0.2) is 8.42 Å². The second kappa shape index (κ2) is 9.06. The van der Waals surface area contributed by atoms with E-state index in [0.29, 0.717) is 11.4 Å². The van der Waals surface area contributed by atoms with Gasteiger partial charge in [0.1, 0.15) is 0 Å². The van der Waals surface area contributed by atoms with E-state index in [-0.39, 0.29) is 17.7 Å². The average molecular weight is 396 g/mol. The minimum absolute atomic E-state index is 0.0718. The summed E-state index contributed by atoms with van der Waals surface area (Å²) in [6, 6.07) is 7.27. The third-order valence-electron chi connectivity index (χ3n) is 6.00. The molecule has 0 spiro atoms. The van der Waals surface area contributed by atoms with Gasteiger partial charge in [-0.15, -0.1) is 0 Å². The van der Waals surface area contributed by atoms with Crippen LogP contribution in [0.3, 0.4) is 0 Å². The highest BCUT2D eigenvalue weighted by atomic mass is 32.2. The number of piperidine rings is 1. The highest BCUT2D eigenvalue weighted by molar-refractivity contribution is 7.91. The summed E-state index contributed by atoms with van der Waals surface area (Å²) in [5.74, 6) is 0.180. The quantitative estimate of drug-likeness (QED) is 0.705. The number of anilines is 1. The van der Waals surface area contributed by atoms with Crippen LogP contribution in [-0.2, 0) is 14.6 Å². The third-order valence-corrected chi connectivity index (χ3v) is 7.75. The van der Waals surface area contributed by atoms with Crippen molar-refractivity contribution in [2.75, 3.05) is 30.3 Å². The molecule has 1 aromatic carbocycles. The van der Waals surface area contributed by atoms with Crippen molar-refractivity contribution >= 4 is 21.4 Å². The van der Waals surface area contributed by atoms with Gasteiger partial charge in [-0.05, 0) is 49.9 Å². The van der Waals surface area contributed by atoms with Gasteiger partial charge in [-0.1, -0.05) is 20.8 Å². The maximum absolute atomic E-state index is 12.7. The lowest BCUT2D eigenvalue weighted by Gasteiger charge is -2.36. The number of hydrogen-bond donors (Lipinski definition) is 2. The Bertz CT molecular complexity index is 711. The molecule has 6 nitrogen and oxygen atoms in total. The number of sulfone groups is 1. The van der Waals surface area contributed by atoms with E-state index in [1.807, 2.05) is 26.0 Å². The molecule has 1 saturated heterocycles. The number of nitrogens with two attached hydrogens (primary N) is 1. The van der Waals surface area contributed by atoms with Gasteiger partial charge >= 0.3 is 0 Å². The van der Waals surface area contributed by atoms with Gasteiger partial charge in [0.05, 0.1) is 16.1 Å². The summed E-state index contributed by atoms with van der Waals surface area (Å²) in [6.07, 6.45) is 3.24. The highest BCUT2D eigenvalue weighted by Gasteiger charge is 2.35. The molecule has 0 atom stereocenters. The second-order valence-electron chi connectivity index (χ2n) is 7.32. The van der Waals surface area contributed by atoms with E-state index >= 15 is 0 Å². The fourth-order valence-corrected chi connectivity index (χ4v) is 4.49. The molecule has 0 radical (unpaired) electrons. The van der Waals surface area contributed by atoms with Crippen molar-refractivity contribution in [1.29, 1.82) is 0 Å². The molecule has 0 aromatic heterocycles. The number of nitrogens with one attached hydrogen (secondary N) is 1. The van der Waals surface area contributed by atoms with E-state index in [4.69, 9.17) is 5.73 Å². The van der Waals surface area contributed by atoms with E-state index in [9.17, 15) is 13.2 Å². The summed E-state index contributed by atoms with van der Waals surface area (Å²) in [6.45, 7) is 7.72. The molecule has 152 valence electrons. The lowest BCUT2D eigenvalue weighted by atomic mass is 9.81. The Morgan fingerprint density at radius 2 is 1.70 bits per heavy atom. The minimum atomic E-state index is -3.17. The summed E-state index contributed by atoms with van der Waals surface area (Å²) in [5.41, 5.74) is 6.43. The Morgan fingerprint density at radius 1 is 1.15 bits per heavy atom. The van der Waals surface area contributed by atoms with Gasteiger partial charge in [-0.3, -0.25) is 4.79 Å². The van der Waals surface area contributed by atoms with Crippen LogP contribution in [0.2, 0.25) is 0 Å². The van der Waals surface area contributed by atoms with Gasteiger partial charge in [0.15, 0.2) is 9.84 Å². The SMILES string of the molecule is CCC(CC)(CN)C(=O)NC1CCN(c2ccc(S(=O)(=O)CC)cc2)CC1. The van der Waals surface area contributed by atoms with Crippen molar-refractivity contribution in [1.82, 2.24) is 5.32 Å². The Hall–Kier alpha value is -1.60. The van der Waals surface area contributed by atoms with E-state index in [1.54, 1.807) is 19.1 Å². The number of carbonyl (C=O) groups is 1. The molecule has 2 rings (SSSR count). The zero-order chi connectivity index (χ0) is 20.1. The van der Waals surface area contributed by atoms with Crippen LogP contribution < -0.4 is 16.0 Å². The first-order chi connectivity index (χ1) is 12.8. The smallest absolute Gasteiger partial charge is 0.227 e. The Balaban J connectivity index is 1.94. The summed E-state index contributed by atoms with van der Waals surface area (Å²) < 4.78 is 23.9. The highest BCUT2D eigenvalue weighted by Crippen LogP contribution is 2.27. The lowest BCUT2D eigenvalue weighted by molar-refractivity contribution is -0.131. The molecule has 7 heteroatoms. The van der Waals surface area contributed by atoms with E-state index in [2.05, 4.69) is 10.2 Å².